The summed E-state index contributed by atoms with van der Waals surface area (Å²) in [5.41, 5.74) is 0. The lowest BCUT2D eigenvalue weighted by molar-refractivity contribution is -0.131. The summed E-state index contributed by atoms with van der Waals surface area (Å²) in [6.45, 7) is 2.79. The lowest BCUT2D eigenvalue weighted by Crippen LogP contribution is -2.43. The number of nitrogens with zero attached hydrogens (tertiary/aromatic N) is 1. The highest BCUT2D eigenvalue weighted by molar-refractivity contribution is 7.98. The summed E-state index contributed by atoms with van der Waals surface area (Å²) in [6, 6.07) is 0.264. The largest absolute Gasteiger partial charge is 0.347 e. The Bertz CT molecular complexity index is 246. The molecule has 0 radical (unpaired) electrons. The van der Waals surface area contributed by atoms with Crippen molar-refractivity contribution >= 4 is 23.6 Å². The minimum atomic E-state index is -0.0233. The quantitative estimate of drug-likeness (QED) is 0.764. The number of thioether (sulfide) groups is 1. The first kappa shape index (κ1) is 12.4. The number of carbonyl (C=O) groups is 2. The topological polar surface area (TPSA) is 49.4 Å². The SMILES string of the molecule is CCC(CSC)N1CCC(=O)NCC1=O. The summed E-state index contributed by atoms with van der Waals surface area (Å²) in [5, 5.41) is 2.61. The zero-order valence-corrected chi connectivity index (χ0v) is 10.1. The minimum Gasteiger partial charge on any atom is -0.347 e. The van der Waals surface area contributed by atoms with Crippen molar-refractivity contribution < 1.29 is 9.59 Å². The number of hydrogen-bond acceptors (Lipinski definition) is 3. The van der Waals surface area contributed by atoms with E-state index in [0.29, 0.717) is 13.0 Å². The van der Waals surface area contributed by atoms with Crippen molar-refractivity contribution in [3.63, 3.8) is 0 Å². The van der Waals surface area contributed by atoms with E-state index in [2.05, 4.69) is 12.2 Å². The first-order valence-electron chi connectivity index (χ1n) is 5.24. The molecular weight excluding hydrogens is 212 g/mol. The lowest BCUT2D eigenvalue weighted by atomic mass is 10.2. The molecule has 0 saturated carbocycles. The summed E-state index contributed by atoms with van der Waals surface area (Å²) < 4.78 is 0. The van der Waals surface area contributed by atoms with Gasteiger partial charge in [-0.3, -0.25) is 9.59 Å². The molecule has 0 aromatic rings. The van der Waals surface area contributed by atoms with Gasteiger partial charge in [-0.15, -0.1) is 0 Å². The first-order chi connectivity index (χ1) is 7.19. The molecule has 1 atom stereocenters. The van der Waals surface area contributed by atoms with Gasteiger partial charge in [0.05, 0.1) is 6.54 Å². The van der Waals surface area contributed by atoms with Gasteiger partial charge in [0.15, 0.2) is 0 Å². The van der Waals surface area contributed by atoms with Crippen LogP contribution in [0.5, 0.6) is 0 Å². The average Bonchev–Trinajstić information content (AvgIpc) is 2.39. The Morgan fingerprint density at radius 3 is 2.87 bits per heavy atom. The number of carbonyl (C=O) groups excluding carboxylic acids is 2. The van der Waals surface area contributed by atoms with Crippen molar-refractivity contribution in [2.24, 2.45) is 0 Å². The molecule has 15 heavy (non-hydrogen) atoms. The minimum absolute atomic E-state index is 0.0233. The van der Waals surface area contributed by atoms with Crippen LogP contribution in [-0.4, -0.2) is 47.9 Å². The van der Waals surface area contributed by atoms with E-state index in [1.54, 1.807) is 11.8 Å². The molecule has 1 unspecified atom stereocenters. The van der Waals surface area contributed by atoms with Gasteiger partial charge in [-0.25, -0.2) is 0 Å². The van der Waals surface area contributed by atoms with Gasteiger partial charge >= 0.3 is 0 Å². The fraction of sp³-hybridized carbons (Fsp3) is 0.800. The third kappa shape index (κ3) is 3.41. The molecule has 5 heteroatoms. The summed E-state index contributed by atoms with van der Waals surface area (Å²) >= 11 is 1.74. The Morgan fingerprint density at radius 1 is 1.53 bits per heavy atom. The molecule has 1 heterocycles. The molecule has 0 aromatic heterocycles. The molecule has 0 bridgehead atoms. The molecule has 4 nitrogen and oxygen atoms in total. The smallest absolute Gasteiger partial charge is 0.242 e. The molecule has 1 aliphatic heterocycles. The third-order valence-electron chi connectivity index (χ3n) is 2.61. The Balaban J connectivity index is 2.63. The van der Waals surface area contributed by atoms with E-state index in [-0.39, 0.29) is 24.4 Å². The fourth-order valence-electron chi connectivity index (χ4n) is 1.72. The predicted molar refractivity (Wildman–Crippen MR) is 61.8 cm³/mol. The van der Waals surface area contributed by atoms with Gasteiger partial charge in [0.1, 0.15) is 0 Å². The molecule has 1 N–H and O–H groups in total. The lowest BCUT2D eigenvalue weighted by Gasteiger charge is -2.29. The number of hydrogen-bond donors (Lipinski definition) is 1. The Labute approximate surface area is 94.8 Å². The molecule has 0 aliphatic carbocycles. The maximum absolute atomic E-state index is 11.7. The van der Waals surface area contributed by atoms with E-state index in [0.717, 1.165) is 12.2 Å². The molecule has 2 amide bonds. The van der Waals surface area contributed by atoms with Gasteiger partial charge in [-0.2, -0.15) is 11.8 Å². The van der Waals surface area contributed by atoms with Gasteiger partial charge in [0.25, 0.3) is 0 Å². The first-order valence-corrected chi connectivity index (χ1v) is 6.63. The zero-order chi connectivity index (χ0) is 11.3. The van der Waals surface area contributed by atoms with Crippen LogP contribution in [0.1, 0.15) is 19.8 Å². The number of nitrogens with one attached hydrogen (secondary N) is 1. The Kier molecular flexibility index (Phi) is 4.94. The maximum atomic E-state index is 11.7. The highest BCUT2D eigenvalue weighted by Gasteiger charge is 2.25. The summed E-state index contributed by atoms with van der Waals surface area (Å²) in [5.74, 6) is 0.961. The summed E-state index contributed by atoms with van der Waals surface area (Å²) in [4.78, 5) is 24.7. The zero-order valence-electron chi connectivity index (χ0n) is 9.28. The standard InChI is InChI=1S/C10H18N2O2S/c1-3-8(7-15-2)12-5-4-9(13)11-6-10(12)14/h8H,3-7H2,1-2H3,(H,11,13). The van der Waals surface area contributed by atoms with Crippen molar-refractivity contribution in [1.29, 1.82) is 0 Å². The molecule has 1 saturated heterocycles. The van der Waals surface area contributed by atoms with Crippen LogP contribution >= 0.6 is 11.8 Å². The Morgan fingerprint density at radius 2 is 2.27 bits per heavy atom. The second-order valence-electron chi connectivity index (χ2n) is 3.63. The van der Waals surface area contributed by atoms with Crippen LogP contribution in [0.4, 0.5) is 0 Å². The van der Waals surface area contributed by atoms with Crippen LogP contribution in [0.15, 0.2) is 0 Å². The maximum Gasteiger partial charge on any atom is 0.242 e. The number of amides is 2. The predicted octanol–water partition coefficient (Wildman–Crippen LogP) is 0.476. The normalized spacial score (nSPS) is 19.7. The highest BCUT2D eigenvalue weighted by atomic mass is 32.2. The van der Waals surface area contributed by atoms with Gasteiger partial charge in [-0.05, 0) is 12.7 Å². The van der Waals surface area contributed by atoms with Crippen molar-refractivity contribution in [2.75, 3.05) is 25.1 Å². The molecule has 1 fully saturated rings. The number of rotatable bonds is 4. The van der Waals surface area contributed by atoms with Crippen LogP contribution in [0.25, 0.3) is 0 Å². The van der Waals surface area contributed by atoms with E-state index in [1.807, 2.05) is 11.2 Å². The van der Waals surface area contributed by atoms with E-state index in [9.17, 15) is 9.59 Å². The second-order valence-corrected chi connectivity index (χ2v) is 4.54. The molecule has 0 aromatic carbocycles. The van der Waals surface area contributed by atoms with Crippen molar-refractivity contribution in [2.45, 2.75) is 25.8 Å². The summed E-state index contributed by atoms with van der Waals surface area (Å²) in [7, 11) is 0. The second kappa shape index (κ2) is 6.00. The molecule has 86 valence electrons. The third-order valence-corrected chi connectivity index (χ3v) is 3.33. The van der Waals surface area contributed by atoms with Crippen LogP contribution in [0.2, 0.25) is 0 Å². The van der Waals surface area contributed by atoms with E-state index in [4.69, 9.17) is 0 Å². The monoisotopic (exact) mass is 230 g/mol. The van der Waals surface area contributed by atoms with Crippen LogP contribution in [0, 0.1) is 0 Å². The Hall–Kier alpha value is -0.710. The van der Waals surface area contributed by atoms with E-state index in [1.165, 1.54) is 0 Å². The van der Waals surface area contributed by atoms with Gasteiger partial charge in [0, 0.05) is 24.8 Å². The van der Waals surface area contributed by atoms with E-state index >= 15 is 0 Å². The molecular formula is C10H18N2O2S. The average molecular weight is 230 g/mol. The van der Waals surface area contributed by atoms with Crippen molar-refractivity contribution in [3.8, 4) is 0 Å². The van der Waals surface area contributed by atoms with E-state index < -0.39 is 0 Å². The van der Waals surface area contributed by atoms with Crippen LogP contribution in [0.3, 0.4) is 0 Å². The van der Waals surface area contributed by atoms with Crippen LogP contribution in [-0.2, 0) is 9.59 Å². The molecule has 1 rings (SSSR count). The van der Waals surface area contributed by atoms with Crippen LogP contribution < -0.4 is 5.32 Å². The van der Waals surface area contributed by atoms with Gasteiger partial charge < -0.3 is 10.2 Å². The van der Waals surface area contributed by atoms with Crippen molar-refractivity contribution in [1.82, 2.24) is 10.2 Å². The highest BCUT2D eigenvalue weighted by Crippen LogP contribution is 2.12. The van der Waals surface area contributed by atoms with Gasteiger partial charge in [-0.1, -0.05) is 6.92 Å². The van der Waals surface area contributed by atoms with Gasteiger partial charge in [0.2, 0.25) is 11.8 Å². The molecule has 0 spiro atoms. The fourth-order valence-corrected chi connectivity index (χ4v) is 2.52. The van der Waals surface area contributed by atoms with Crippen molar-refractivity contribution in [3.05, 3.63) is 0 Å². The summed E-state index contributed by atoms with van der Waals surface area (Å²) in [6.07, 6.45) is 3.41. The molecule has 1 aliphatic rings.